The van der Waals surface area contributed by atoms with Crippen LogP contribution in [-0.4, -0.2) is 13.2 Å². The number of rotatable bonds is 2. The normalized spacial score (nSPS) is 19.1. The SMILES string of the molecule is CC1(C)COC(c2ccc(-c3ccccc3I)o2)OC1. The van der Waals surface area contributed by atoms with Gasteiger partial charge in [0, 0.05) is 14.5 Å². The van der Waals surface area contributed by atoms with Gasteiger partial charge in [0.15, 0.2) is 5.76 Å². The van der Waals surface area contributed by atoms with E-state index in [0.29, 0.717) is 13.2 Å². The Kier molecular flexibility index (Phi) is 3.88. The minimum Gasteiger partial charge on any atom is -0.456 e. The van der Waals surface area contributed by atoms with Gasteiger partial charge in [0.25, 0.3) is 0 Å². The summed E-state index contributed by atoms with van der Waals surface area (Å²) in [5, 5.41) is 0. The Bertz CT molecular complexity index is 593. The number of halogens is 1. The third-order valence-corrected chi connectivity index (χ3v) is 4.19. The molecule has 1 aromatic carbocycles. The first kappa shape index (κ1) is 14.1. The zero-order valence-electron chi connectivity index (χ0n) is 11.6. The molecule has 3 rings (SSSR count). The first-order valence-corrected chi connectivity index (χ1v) is 7.71. The van der Waals surface area contributed by atoms with E-state index >= 15 is 0 Å². The van der Waals surface area contributed by atoms with Crippen molar-refractivity contribution < 1.29 is 13.9 Å². The van der Waals surface area contributed by atoms with Gasteiger partial charge in [0.05, 0.1) is 13.2 Å². The Morgan fingerprint density at radius 2 is 1.75 bits per heavy atom. The monoisotopic (exact) mass is 384 g/mol. The van der Waals surface area contributed by atoms with E-state index < -0.39 is 6.29 Å². The van der Waals surface area contributed by atoms with Crippen molar-refractivity contribution in [1.82, 2.24) is 0 Å². The molecule has 0 radical (unpaired) electrons. The molecule has 1 aliphatic heterocycles. The summed E-state index contributed by atoms with van der Waals surface area (Å²) >= 11 is 2.31. The van der Waals surface area contributed by atoms with E-state index in [1.165, 1.54) is 0 Å². The van der Waals surface area contributed by atoms with Crippen molar-refractivity contribution in [3.8, 4) is 11.3 Å². The second-order valence-corrected chi connectivity index (χ2v) is 6.96. The molecule has 0 spiro atoms. The van der Waals surface area contributed by atoms with Gasteiger partial charge in [0.2, 0.25) is 6.29 Å². The maximum Gasteiger partial charge on any atom is 0.217 e. The van der Waals surface area contributed by atoms with Gasteiger partial charge in [-0.25, -0.2) is 0 Å². The fourth-order valence-corrected chi connectivity index (χ4v) is 2.80. The molecule has 106 valence electrons. The van der Waals surface area contributed by atoms with Crippen molar-refractivity contribution in [3.63, 3.8) is 0 Å². The zero-order valence-corrected chi connectivity index (χ0v) is 13.7. The molecule has 0 aliphatic carbocycles. The maximum atomic E-state index is 5.90. The van der Waals surface area contributed by atoms with Gasteiger partial charge in [-0.15, -0.1) is 0 Å². The molecule has 3 nitrogen and oxygen atoms in total. The van der Waals surface area contributed by atoms with Gasteiger partial charge >= 0.3 is 0 Å². The van der Waals surface area contributed by atoms with Crippen LogP contribution in [0.3, 0.4) is 0 Å². The molecular weight excluding hydrogens is 367 g/mol. The van der Waals surface area contributed by atoms with Crippen LogP contribution in [0.1, 0.15) is 25.9 Å². The second-order valence-electron chi connectivity index (χ2n) is 5.80. The summed E-state index contributed by atoms with van der Waals surface area (Å²) in [5.74, 6) is 1.58. The van der Waals surface area contributed by atoms with Gasteiger partial charge < -0.3 is 13.9 Å². The predicted molar refractivity (Wildman–Crippen MR) is 85.3 cm³/mol. The smallest absolute Gasteiger partial charge is 0.217 e. The molecule has 0 saturated carbocycles. The Hall–Kier alpha value is -0.850. The molecule has 0 atom stereocenters. The molecular formula is C16H17IO3. The zero-order chi connectivity index (χ0) is 14.2. The third-order valence-electron chi connectivity index (χ3n) is 3.25. The lowest BCUT2D eigenvalue weighted by Gasteiger charge is -2.33. The standard InChI is InChI=1S/C16H17IO3/c1-16(2)9-18-15(19-10-16)14-8-7-13(20-14)11-5-3-4-6-12(11)17/h3-8,15H,9-10H2,1-2H3. The van der Waals surface area contributed by atoms with Crippen LogP contribution in [0.5, 0.6) is 0 Å². The molecule has 0 amide bonds. The van der Waals surface area contributed by atoms with E-state index in [1.807, 2.05) is 24.3 Å². The molecule has 2 heterocycles. The number of furan rings is 1. The summed E-state index contributed by atoms with van der Waals surface area (Å²) in [6, 6.07) is 12.0. The van der Waals surface area contributed by atoms with Gasteiger partial charge in [-0.3, -0.25) is 0 Å². The van der Waals surface area contributed by atoms with E-state index in [-0.39, 0.29) is 5.41 Å². The van der Waals surface area contributed by atoms with E-state index in [9.17, 15) is 0 Å². The van der Waals surface area contributed by atoms with Crippen molar-refractivity contribution in [2.45, 2.75) is 20.1 Å². The fraction of sp³-hybridized carbons (Fsp3) is 0.375. The largest absolute Gasteiger partial charge is 0.456 e. The highest BCUT2D eigenvalue weighted by molar-refractivity contribution is 14.1. The summed E-state index contributed by atoms with van der Waals surface area (Å²) in [5.41, 5.74) is 1.16. The summed E-state index contributed by atoms with van der Waals surface area (Å²) in [4.78, 5) is 0. The molecule has 0 bridgehead atoms. The number of hydrogen-bond donors (Lipinski definition) is 0. The van der Waals surface area contributed by atoms with Crippen molar-refractivity contribution in [2.75, 3.05) is 13.2 Å². The topological polar surface area (TPSA) is 31.6 Å². The molecule has 1 saturated heterocycles. The molecule has 2 aromatic rings. The van der Waals surface area contributed by atoms with Crippen LogP contribution in [0.2, 0.25) is 0 Å². The average Bonchev–Trinajstić information content (AvgIpc) is 2.88. The second kappa shape index (κ2) is 5.50. The van der Waals surface area contributed by atoms with Crippen LogP contribution in [0.15, 0.2) is 40.8 Å². The first-order chi connectivity index (χ1) is 9.55. The van der Waals surface area contributed by atoms with Gasteiger partial charge in [-0.2, -0.15) is 0 Å². The van der Waals surface area contributed by atoms with Gasteiger partial charge in [-0.05, 0) is 40.8 Å². The molecule has 0 unspecified atom stereocenters. The van der Waals surface area contributed by atoms with Crippen LogP contribution < -0.4 is 0 Å². The van der Waals surface area contributed by atoms with E-state index in [2.05, 4.69) is 48.6 Å². The predicted octanol–water partition coefficient (Wildman–Crippen LogP) is 4.62. The Balaban J connectivity index is 1.80. The molecule has 0 N–H and O–H groups in total. The minimum absolute atomic E-state index is 0.0702. The number of benzene rings is 1. The van der Waals surface area contributed by atoms with E-state index in [4.69, 9.17) is 13.9 Å². The van der Waals surface area contributed by atoms with Crippen molar-refractivity contribution in [3.05, 3.63) is 45.7 Å². The van der Waals surface area contributed by atoms with Gasteiger partial charge in [0.1, 0.15) is 5.76 Å². The highest BCUT2D eigenvalue weighted by Gasteiger charge is 2.30. The van der Waals surface area contributed by atoms with Crippen LogP contribution in [0.4, 0.5) is 0 Å². The van der Waals surface area contributed by atoms with Crippen LogP contribution in [0.25, 0.3) is 11.3 Å². The number of ether oxygens (including phenoxy) is 2. The summed E-state index contributed by atoms with van der Waals surface area (Å²) in [6.07, 6.45) is -0.391. The first-order valence-electron chi connectivity index (χ1n) is 6.63. The van der Waals surface area contributed by atoms with Crippen molar-refractivity contribution in [2.24, 2.45) is 5.41 Å². The average molecular weight is 384 g/mol. The van der Waals surface area contributed by atoms with Gasteiger partial charge in [-0.1, -0.05) is 32.0 Å². The quantitative estimate of drug-likeness (QED) is 0.708. The molecule has 1 fully saturated rings. The van der Waals surface area contributed by atoms with E-state index in [0.717, 1.165) is 20.7 Å². The lowest BCUT2D eigenvalue weighted by atomic mass is 9.95. The Labute approximate surface area is 132 Å². The summed E-state index contributed by atoms with van der Waals surface area (Å²) < 4.78 is 18.5. The van der Waals surface area contributed by atoms with E-state index in [1.54, 1.807) is 0 Å². The Morgan fingerprint density at radius 1 is 1.05 bits per heavy atom. The van der Waals surface area contributed by atoms with Crippen molar-refractivity contribution >= 4 is 22.6 Å². The Morgan fingerprint density at radius 3 is 2.45 bits per heavy atom. The molecule has 1 aliphatic rings. The highest BCUT2D eigenvalue weighted by Crippen LogP contribution is 2.34. The lowest BCUT2D eigenvalue weighted by molar-refractivity contribution is -0.233. The third kappa shape index (κ3) is 2.92. The molecule has 4 heteroatoms. The van der Waals surface area contributed by atoms with Crippen LogP contribution in [0, 0.1) is 8.99 Å². The highest BCUT2D eigenvalue weighted by atomic mass is 127. The van der Waals surface area contributed by atoms with Crippen LogP contribution >= 0.6 is 22.6 Å². The maximum absolute atomic E-state index is 5.90. The molecule has 1 aromatic heterocycles. The summed E-state index contributed by atoms with van der Waals surface area (Å²) in [6.45, 7) is 5.61. The van der Waals surface area contributed by atoms with Crippen LogP contribution in [-0.2, 0) is 9.47 Å². The lowest BCUT2D eigenvalue weighted by Crippen LogP contribution is -2.33. The number of hydrogen-bond acceptors (Lipinski definition) is 3. The minimum atomic E-state index is -0.391. The summed E-state index contributed by atoms with van der Waals surface area (Å²) in [7, 11) is 0. The molecule has 20 heavy (non-hydrogen) atoms. The fourth-order valence-electron chi connectivity index (χ4n) is 2.14. The van der Waals surface area contributed by atoms with Crippen molar-refractivity contribution in [1.29, 1.82) is 0 Å².